The second kappa shape index (κ2) is 11.0. The predicted octanol–water partition coefficient (Wildman–Crippen LogP) is 3.01. The summed E-state index contributed by atoms with van der Waals surface area (Å²) < 4.78 is 68.9. The largest absolute Gasteiger partial charge is 0.457 e. The van der Waals surface area contributed by atoms with Gasteiger partial charge in [0, 0.05) is 0 Å². The molecule has 0 heterocycles. The van der Waals surface area contributed by atoms with E-state index in [1.54, 1.807) is 19.1 Å². The van der Waals surface area contributed by atoms with Gasteiger partial charge in [-0.1, -0.05) is 12.1 Å². The van der Waals surface area contributed by atoms with E-state index < -0.39 is 27.8 Å². The average molecular weight is 448 g/mol. The minimum Gasteiger partial charge on any atom is -0.457 e. The average Bonchev–Trinajstić information content (AvgIpc) is 2.61. The number of halogens is 3. The predicted molar refractivity (Wildman–Crippen MR) is 106 cm³/mol. The van der Waals surface area contributed by atoms with Crippen LogP contribution in [0.5, 0.6) is 11.5 Å². The maximum atomic E-state index is 12.5. The molecule has 2 rings (SSSR count). The van der Waals surface area contributed by atoms with Gasteiger partial charge in [0.1, 0.15) is 11.5 Å². The van der Waals surface area contributed by atoms with E-state index in [0.717, 1.165) is 17.7 Å². The number of hydrogen-bond donors (Lipinski definition) is 3. The molecule has 0 saturated carbocycles. The smallest absolute Gasteiger partial charge is 0.416 e. The van der Waals surface area contributed by atoms with Crippen molar-refractivity contribution in [2.75, 3.05) is 12.8 Å². The van der Waals surface area contributed by atoms with Gasteiger partial charge in [0.2, 0.25) is 5.91 Å². The molecule has 2 aromatic carbocycles. The first-order valence-electron chi connectivity index (χ1n) is 8.65. The Labute approximate surface area is 172 Å². The maximum Gasteiger partial charge on any atom is 0.416 e. The maximum absolute atomic E-state index is 12.5. The Morgan fingerprint density at radius 1 is 1.10 bits per heavy atom. The summed E-state index contributed by atoms with van der Waals surface area (Å²) >= 11 is 0. The summed E-state index contributed by atoms with van der Waals surface area (Å²) in [6, 6.07) is 11.3. The molecule has 1 unspecified atom stereocenters. The van der Waals surface area contributed by atoms with Crippen molar-refractivity contribution >= 4 is 16.0 Å². The number of primary amides is 1. The molecule has 1 atom stereocenters. The molecule has 0 saturated heterocycles. The third kappa shape index (κ3) is 10.8. The molecular formula is C19H23F3N2O5S. The molecule has 166 valence electrons. The van der Waals surface area contributed by atoms with Crippen LogP contribution in [-0.4, -0.2) is 37.7 Å². The second-order valence-corrected chi connectivity index (χ2v) is 7.80. The van der Waals surface area contributed by atoms with Crippen molar-refractivity contribution in [1.29, 1.82) is 0 Å². The summed E-state index contributed by atoms with van der Waals surface area (Å²) in [5.41, 5.74) is 5.48. The van der Waals surface area contributed by atoms with Gasteiger partial charge in [-0.3, -0.25) is 9.35 Å². The molecule has 0 spiro atoms. The van der Waals surface area contributed by atoms with Gasteiger partial charge < -0.3 is 15.8 Å². The Hall–Kier alpha value is -2.63. The molecule has 30 heavy (non-hydrogen) atoms. The van der Waals surface area contributed by atoms with Crippen LogP contribution in [0.1, 0.15) is 18.1 Å². The lowest BCUT2D eigenvalue weighted by Gasteiger charge is -2.11. The molecule has 2 aromatic rings. The molecule has 0 aliphatic carbocycles. The summed E-state index contributed by atoms with van der Waals surface area (Å²) in [6.07, 6.45) is -2.94. The SMILES string of the molecule is CC(NCCc1ccc(Oc2ccc(C(F)(F)F)cc2)cc1)C(N)=O.CS(=O)(=O)O. The first-order chi connectivity index (χ1) is 13.8. The molecule has 0 aliphatic rings. The van der Waals surface area contributed by atoms with Crippen molar-refractivity contribution in [3.63, 3.8) is 0 Å². The van der Waals surface area contributed by atoms with Crippen LogP contribution in [0.25, 0.3) is 0 Å². The van der Waals surface area contributed by atoms with Gasteiger partial charge in [-0.25, -0.2) is 0 Å². The highest BCUT2D eigenvalue weighted by Crippen LogP contribution is 2.31. The Morgan fingerprint density at radius 2 is 1.53 bits per heavy atom. The van der Waals surface area contributed by atoms with Crippen LogP contribution >= 0.6 is 0 Å². The number of carbonyl (C=O) groups is 1. The molecule has 7 nitrogen and oxygen atoms in total. The minimum absolute atomic E-state index is 0.331. The van der Waals surface area contributed by atoms with Crippen molar-refractivity contribution in [1.82, 2.24) is 5.32 Å². The molecule has 1 amide bonds. The van der Waals surface area contributed by atoms with Crippen molar-refractivity contribution in [2.45, 2.75) is 25.6 Å². The van der Waals surface area contributed by atoms with E-state index in [9.17, 15) is 26.4 Å². The lowest BCUT2D eigenvalue weighted by atomic mass is 10.1. The van der Waals surface area contributed by atoms with Gasteiger partial charge in [-0.05, 0) is 61.9 Å². The van der Waals surface area contributed by atoms with E-state index in [1.165, 1.54) is 12.1 Å². The Bertz CT molecular complexity index is 907. The van der Waals surface area contributed by atoms with Gasteiger partial charge in [-0.2, -0.15) is 21.6 Å². The van der Waals surface area contributed by atoms with E-state index in [4.69, 9.17) is 15.0 Å². The van der Waals surface area contributed by atoms with Crippen molar-refractivity contribution in [2.24, 2.45) is 5.73 Å². The topological polar surface area (TPSA) is 119 Å². The number of carbonyl (C=O) groups excluding carboxylic acids is 1. The molecule has 0 aromatic heterocycles. The fraction of sp³-hybridized carbons (Fsp3) is 0.316. The number of rotatable bonds is 7. The van der Waals surface area contributed by atoms with E-state index >= 15 is 0 Å². The van der Waals surface area contributed by atoms with Crippen LogP contribution in [0.15, 0.2) is 48.5 Å². The standard InChI is InChI=1S/C18H19F3N2O2.CH4O3S/c1-12(17(22)24)23-11-10-13-2-6-15(7-3-13)25-16-8-4-14(5-9-16)18(19,20)21;1-5(2,3)4/h2-9,12,23H,10-11H2,1H3,(H2,22,24);1H3,(H,2,3,4). The molecule has 0 fully saturated rings. The van der Waals surface area contributed by atoms with Gasteiger partial charge >= 0.3 is 6.18 Å². The second-order valence-electron chi connectivity index (χ2n) is 6.33. The zero-order valence-corrected chi connectivity index (χ0v) is 17.1. The lowest BCUT2D eigenvalue weighted by molar-refractivity contribution is -0.137. The van der Waals surface area contributed by atoms with E-state index in [2.05, 4.69) is 5.32 Å². The highest BCUT2D eigenvalue weighted by atomic mass is 32.2. The Balaban J connectivity index is 0.000000804. The number of alkyl halides is 3. The van der Waals surface area contributed by atoms with Crippen molar-refractivity contribution in [3.05, 3.63) is 59.7 Å². The normalized spacial score (nSPS) is 12.5. The van der Waals surface area contributed by atoms with E-state index in [1.807, 2.05) is 12.1 Å². The van der Waals surface area contributed by atoms with Crippen LogP contribution < -0.4 is 15.8 Å². The molecule has 4 N–H and O–H groups in total. The fourth-order valence-corrected chi connectivity index (χ4v) is 2.11. The third-order valence-corrected chi connectivity index (χ3v) is 3.63. The summed E-state index contributed by atoms with van der Waals surface area (Å²) in [5, 5.41) is 3.00. The number of nitrogens with two attached hydrogens (primary N) is 1. The fourth-order valence-electron chi connectivity index (χ4n) is 2.11. The quantitative estimate of drug-likeness (QED) is 0.561. The molecule has 11 heteroatoms. The highest BCUT2D eigenvalue weighted by Gasteiger charge is 2.30. The highest BCUT2D eigenvalue weighted by molar-refractivity contribution is 7.85. The Kier molecular flexibility index (Phi) is 9.27. The number of hydrogen-bond acceptors (Lipinski definition) is 5. The van der Waals surface area contributed by atoms with Crippen LogP contribution in [0, 0.1) is 0 Å². The Morgan fingerprint density at radius 3 is 1.93 bits per heavy atom. The number of benzene rings is 2. The first kappa shape index (κ1) is 25.4. The van der Waals surface area contributed by atoms with Gasteiger partial charge in [0.15, 0.2) is 0 Å². The number of nitrogens with one attached hydrogen (secondary N) is 1. The van der Waals surface area contributed by atoms with Gasteiger partial charge in [-0.15, -0.1) is 0 Å². The van der Waals surface area contributed by atoms with Gasteiger partial charge in [0.05, 0.1) is 17.9 Å². The summed E-state index contributed by atoms with van der Waals surface area (Å²) in [4.78, 5) is 10.9. The molecular weight excluding hydrogens is 425 g/mol. The van der Waals surface area contributed by atoms with Crippen LogP contribution in [0.2, 0.25) is 0 Å². The zero-order chi connectivity index (χ0) is 22.9. The summed E-state index contributed by atoms with van der Waals surface area (Å²) in [7, 11) is -3.67. The van der Waals surface area contributed by atoms with E-state index in [0.29, 0.717) is 30.7 Å². The van der Waals surface area contributed by atoms with Crippen LogP contribution in [-0.2, 0) is 27.5 Å². The lowest BCUT2D eigenvalue weighted by Crippen LogP contribution is -2.39. The molecule has 0 radical (unpaired) electrons. The third-order valence-electron chi connectivity index (χ3n) is 3.63. The van der Waals surface area contributed by atoms with Crippen molar-refractivity contribution < 1.29 is 35.7 Å². The molecule has 0 aliphatic heterocycles. The first-order valence-corrected chi connectivity index (χ1v) is 10.5. The molecule has 0 bridgehead atoms. The minimum atomic E-state index is -4.36. The monoisotopic (exact) mass is 448 g/mol. The summed E-state index contributed by atoms with van der Waals surface area (Å²) in [6.45, 7) is 2.30. The zero-order valence-electron chi connectivity index (χ0n) is 16.3. The van der Waals surface area contributed by atoms with Gasteiger partial charge in [0.25, 0.3) is 10.1 Å². The van der Waals surface area contributed by atoms with Crippen LogP contribution in [0.3, 0.4) is 0 Å². The number of amides is 1. The van der Waals surface area contributed by atoms with Crippen molar-refractivity contribution in [3.8, 4) is 11.5 Å². The summed E-state index contributed by atoms with van der Waals surface area (Å²) in [5.74, 6) is 0.458. The van der Waals surface area contributed by atoms with E-state index in [-0.39, 0.29) is 6.04 Å². The van der Waals surface area contributed by atoms with Crippen LogP contribution in [0.4, 0.5) is 13.2 Å². The number of ether oxygens (including phenoxy) is 1.